The highest BCUT2D eigenvalue weighted by molar-refractivity contribution is 6.02. The molecule has 56 heavy (non-hydrogen) atoms. The van der Waals surface area contributed by atoms with Crippen LogP contribution in [0.1, 0.15) is 22.3 Å². The van der Waals surface area contributed by atoms with Crippen molar-refractivity contribution < 1.29 is 4.74 Å². The molecule has 0 saturated carbocycles. The quantitative estimate of drug-likeness (QED) is 0.170. The predicted octanol–water partition coefficient (Wildman–Crippen LogP) is 14.2. The minimum atomic E-state index is -0.673. The van der Waals surface area contributed by atoms with Crippen molar-refractivity contribution in [1.29, 1.82) is 0 Å². The molecule has 0 aromatic heterocycles. The van der Waals surface area contributed by atoms with E-state index in [4.69, 9.17) is 4.74 Å². The zero-order valence-corrected chi connectivity index (χ0v) is 30.6. The van der Waals surface area contributed by atoms with Gasteiger partial charge in [0.1, 0.15) is 11.5 Å². The van der Waals surface area contributed by atoms with Crippen molar-refractivity contribution >= 4 is 44.9 Å². The van der Waals surface area contributed by atoms with Crippen molar-refractivity contribution in [2.75, 3.05) is 9.80 Å². The van der Waals surface area contributed by atoms with Crippen molar-refractivity contribution in [1.82, 2.24) is 0 Å². The summed E-state index contributed by atoms with van der Waals surface area (Å²) in [4.78, 5) is 4.71. The Morgan fingerprint density at radius 1 is 0.357 bits per heavy atom. The Morgan fingerprint density at radius 2 is 0.911 bits per heavy atom. The van der Waals surface area contributed by atoms with Crippen LogP contribution in [0, 0.1) is 0 Å². The molecule has 1 unspecified atom stereocenters. The van der Waals surface area contributed by atoms with Crippen molar-refractivity contribution in [3.8, 4) is 22.6 Å². The molecule has 3 nitrogen and oxygen atoms in total. The summed E-state index contributed by atoms with van der Waals surface area (Å²) in [6.45, 7) is 0. The minimum Gasteiger partial charge on any atom is -0.457 e. The highest BCUT2D eigenvalue weighted by Gasteiger charge is 2.53. The second kappa shape index (κ2) is 12.9. The zero-order chi connectivity index (χ0) is 37.1. The highest BCUT2D eigenvalue weighted by atomic mass is 16.5. The lowest BCUT2D eigenvalue weighted by molar-refractivity contribution is 0.438. The van der Waals surface area contributed by atoms with Crippen LogP contribution in [-0.4, -0.2) is 0 Å². The topological polar surface area (TPSA) is 15.7 Å². The van der Waals surface area contributed by atoms with Gasteiger partial charge in [0.05, 0.1) is 11.1 Å². The Labute approximate surface area is 326 Å². The van der Waals surface area contributed by atoms with Crippen molar-refractivity contribution in [3.05, 3.63) is 241 Å². The SMILES string of the molecule is c1ccc(N(c2ccccc2)c2ccc3c(c2)Oc2ccc4ccccc4c2C32c3ccccc3-c3c(N(c4ccccc4)c4ccccc4)cccc32)cc1. The summed E-state index contributed by atoms with van der Waals surface area (Å²) in [6.07, 6.45) is 0. The van der Waals surface area contributed by atoms with Crippen LogP contribution in [0.4, 0.5) is 34.1 Å². The normalized spacial score (nSPS) is 14.6. The molecule has 2 aliphatic rings. The molecule has 0 radical (unpaired) electrons. The van der Waals surface area contributed by atoms with E-state index >= 15 is 0 Å². The first kappa shape index (κ1) is 32.1. The van der Waals surface area contributed by atoms with Gasteiger partial charge in [-0.15, -0.1) is 0 Å². The van der Waals surface area contributed by atoms with Crippen LogP contribution in [0.25, 0.3) is 21.9 Å². The van der Waals surface area contributed by atoms with Crippen molar-refractivity contribution in [2.24, 2.45) is 0 Å². The molecule has 0 fully saturated rings. The Bertz CT molecular complexity index is 2810. The average Bonchev–Trinajstić information content (AvgIpc) is 3.56. The molecule has 0 bridgehead atoms. The summed E-state index contributed by atoms with van der Waals surface area (Å²) in [5.74, 6) is 1.72. The van der Waals surface area contributed by atoms with Crippen molar-refractivity contribution in [2.45, 2.75) is 5.41 Å². The molecule has 264 valence electrons. The van der Waals surface area contributed by atoms with Crippen molar-refractivity contribution in [3.63, 3.8) is 0 Å². The average molecular weight is 717 g/mol. The molecule has 1 heterocycles. The molecule has 1 spiro atoms. The summed E-state index contributed by atoms with van der Waals surface area (Å²) in [6, 6.07) is 78.4. The lowest BCUT2D eigenvalue weighted by atomic mass is 9.65. The molecule has 0 N–H and O–H groups in total. The Balaban J connectivity index is 1.23. The summed E-state index contributed by atoms with van der Waals surface area (Å²) in [7, 11) is 0. The number of benzene rings is 9. The number of anilines is 6. The van der Waals surface area contributed by atoms with Crippen LogP contribution < -0.4 is 14.5 Å². The van der Waals surface area contributed by atoms with Gasteiger partial charge < -0.3 is 14.5 Å². The van der Waals surface area contributed by atoms with E-state index in [2.05, 4.69) is 228 Å². The van der Waals surface area contributed by atoms with E-state index in [1.807, 2.05) is 0 Å². The molecule has 9 aromatic carbocycles. The van der Waals surface area contributed by atoms with Gasteiger partial charge >= 0.3 is 0 Å². The third kappa shape index (κ3) is 4.77. The van der Waals surface area contributed by atoms with Gasteiger partial charge in [-0.1, -0.05) is 146 Å². The molecule has 11 rings (SSSR count). The van der Waals surface area contributed by atoms with Crippen LogP contribution in [0.3, 0.4) is 0 Å². The maximum Gasteiger partial charge on any atom is 0.134 e. The fraction of sp³-hybridized carbons (Fsp3) is 0.0189. The van der Waals surface area contributed by atoms with Crippen LogP contribution in [-0.2, 0) is 5.41 Å². The zero-order valence-electron chi connectivity index (χ0n) is 30.6. The second-order valence-corrected chi connectivity index (χ2v) is 14.5. The number of rotatable bonds is 6. The lowest BCUT2D eigenvalue weighted by Crippen LogP contribution is -2.32. The minimum absolute atomic E-state index is 0.673. The molecular formula is C53H36N2O. The van der Waals surface area contributed by atoms with E-state index in [1.54, 1.807) is 0 Å². The molecule has 9 aromatic rings. The van der Waals surface area contributed by atoms with E-state index in [0.717, 1.165) is 51.2 Å². The van der Waals surface area contributed by atoms with Gasteiger partial charge in [0, 0.05) is 51.2 Å². The molecule has 1 atom stereocenters. The highest BCUT2D eigenvalue weighted by Crippen LogP contribution is 2.65. The van der Waals surface area contributed by atoms with Crippen LogP contribution in [0.2, 0.25) is 0 Å². The third-order valence-corrected chi connectivity index (χ3v) is 11.5. The fourth-order valence-electron chi connectivity index (χ4n) is 9.26. The van der Waals surface area contributed by atoms with Crippen LogP contribution in [0.15, 0.2) is 218 Å². The molecule has 0 amide bonds. The summed E-state index contributed by atoms with van der Waals surface area (Å²) in [5, 5.41) is 2.37. The number of hydrogen-bond acceptors (Lipinski definition) is 3. The van der Waals surface area contributed by atoms with Gasteiger partial charge in [0.2, 0.25) is 0 Å². The van der Waals surface area contributed by atoms with Gasteiger partial charge in [-0.25, -0.2) is 0 Å². The van der Waals surface area contributed by atoms with E-state index in [9.17, 15) is 0 Å². The van der Waals surface area contributed by atoms with E-state index in [0.29, 0.717) is 0 Å². The number of nitrogens with zero attached hydrogens (tertiary/aromatic N) is 2. The van der Waals surface area contributed by atoms with Gasteiger partial charge in [-0.2, -0.15) is 0 Å². The number of ether oxygens (including phenoxy) is 1. The second-order valence-electron chi connectivity index (χ2n) is 14.5. The lowest BCUT2D eigenvalue weighted by Gasteiger charge is -2.41. The Hall–Kier alpha value is -7.36. The molecular weight excluding hydrogens is 681 g/mol. The Morgan fingerprint density at radius 3 is 1.57 bits per heavy atom. The van der Waals surface area contributed by atoms with Gasteiger partial charge in [0.15, 0.2) is 0 Å². The monoisotopic (exact) mass is 716 g/mol. The Kier molecular flexibility index (Phi) is 7.39. The third-order valence-electron chi connectivity index (χ3n) is 11.5. The molecule has 0 saturated heterocycles. The number of para-hydroxylation sites is 4. The molecule has 1 aliphatic carbocycles. The predicted molar refractivity (Wildman–Crippen MR) is 231 cm³/mol. The van der Waals surface area contributed by atoms with Gasteiger partial charge in [-0.05, 0) is 94.2 Å². The fourth-order valence-corrected chi connectivity index (χ4v) is 9.26. The van der Waals surface area contributed by atoms with Gasteiger partial charge in [0.25, 0.3) is 0 Å². The number of hydrogen-bond donors (Lipinski definition) is 0. The van der Waals surface area contributed by atoms with Crippen LogP contribution in [0.5, 0.6) is 11.5 Å². The number of fused-ring (bicyclic) bond motifs is 11. The standard InChI is InChI=1S/C53H36N2O/c1-5-19-38(20-6-1)54(39-21-7-2-8-22-39)42-33-34-46-50(36-42)56-49-35-32-37-18-13-14-27-43(37)52(49)53(46)45-29-16-15-28-44(45)51-47(53)30-17-31-48(51)55(40-23-9-3-10-24-40)41-25-11-4-12-26-41/h1-36H. The molecule has 1 aliphatic heterocycles. The summed E-state index contributed by atoms with van der Waals surface area (Å²) in [5.41, 5.74) is 13.1. The van der Waals surface area contributed by atoms with E-state index in [1.165, 1.54) is 38.6 Å². The summed E-state index contributed by atoms with van der Waals surface area (Å²) >= 11 is 0. The maximum absolute atomic E-state index is 7.14. The van der Waals surface area contributed by atoms with E-state index < -0.39 is 5.41 Å². The first-order chi connectivity index (χ1) is 27.8. The smallest absolute Gasteiger partial charge is 0.134 e. The van der Waals surface area contributed by atoms with Crippen LogP contribution >= 0.6 is 0 Å². The first-order valence-electron chi connectivity index (χ1n) is 19.2. The maximum atomic E-state index is 7.14. The summed E-state index contributed by atoms with van der Waals surface area (Å²) < 4.78 is 7.14. The van der Waals surface area contributed by atoms with E-state index in [-0.39, 0.29) is 0 Å². The largest absolute Gasteiger partial charge is 0.457 e. The first-order valence-corrected chi connectivity index (χ1v) is 19.2. The molecule has 3 heteroatoms. The van der Waals surface area contributed by atoms with Gasteiger partial charge in [-0.3, -0.25) is 0 Å².